The molecule has 0 amide bonds. The standard InChI is InChI=1S/C15H31NO/c1-2-3-4-5-6-7-8-9-14-17-15-10-12-16-13-11-15/h15-16H,2-14H2,1H3. The molecule has 1 heterocycles. The van der Waals surface area contributed by atoms with Gasteiger partial charge in [-0.05, 0) is 32.4 Å². The first-order chi connectivity index (χ1) is 8.43. The number of rotatable bonds is 10. The molecule has 1 aliphatic rings. The summed E-state index contributed by atoms with van der Waals surface area (Å²) in [7, 11) is 0. The second kappa shape index (κ2) is 11.0. The van der Waals surface area contributed by atoms with Crippen molar-refractivity contribution in [3.05, 3.63) is 0 Å². The minimum Gasteiger partial charge on any atom is -0.378 e. The zero-order valence-corrected chi connectivity index (χ0v) is 11.7. The van der Waals surface area contributed by atoms with Crippen molar-refractivity contribution in [1.29, 1.82) is 0 Å². The molecule has 0 aromatic rings. The Morgan fingerprint density at radius 3 is 2.12 bits per heavy atom. The highest BCUT2D eigenvalue weighted by atomic mass is 16.5. The monoisotopic (exact) mass is 241 g/mol. The molecule has 17 heavy (non-hydrogen) atoms. The van der Waals surface area contributed by atoms with Crippen molar-refractivity contribution < 1.29 is 4.74 Å². The first-order valence-corrected chi connectivity index (χ1v) is 7.76. The second-order valence-corrected chi connectivity index (χ2v) is 5.30. The summed E-state index contributed by atoms with van der Waals surface area (Å²) in [6, 6.07) is 0. The third-order valence-electron chi connectivity index (χ3n) is 3.64. The second-order valence-electron chi connectivity index (χ2n) is 5.30. The lowest BCUT2D eigenvalue weighted by atomic mass is 10.1. The predicted molar refractivity (Wildman–Crippen MR) is 74.5 cm³/mol. The highest BCUT2D eigenvalue weighted by molar-refractivity contribution is 4.67. The van der Waals surface area contributed by atoms with Crippen molar-refractivity contribution in [2.45, 2.75) is 77.2 Å². The number of unbranched alkanes of at least 4 members (excludes halogenated alkanes) is 7. The van der Waals surface area contributed by atoms with Crippen molar-refractivity contribution in [2.75, 3.05) is 19.7 Å². The van der Waals surface area contributed by atoms with Gasteiger partial charge in [-0.1, -0.05) is 51.9 Å². The van der Waals surface area contributed by atoms with Crippen molar-refractivity contribution in [3.8, 4) is 0 Å². The van der Waals surface area contributed by atoms with E-state index in [4.69, 9.17) is 4.74 Å². The maximum atomic E-state index is 5.89. The molecule has 0 unspecified atom stereocenters. The summed E-state index contributed by atoms with van der Waals surface area (Å²) >= 11 is 0. The van der Waals surface area contributed by atoms with E-state index >= 15 is 0 Å². The van der Waals surface area contributed by atoms with Gasteiger partial charge < -0.3 is 10.1 Å². The van der Waals surface area contributed by atoms with E-state index in [1.54, 1.807) is 0 Å². The van der Waals surface area contributed by atoms with E-state index in [-0.39, 0.29) is 0 Å². The van der Waals surface area contributed by atoms with Gasteiger partial charge in [0.2, 0.25) is 0 Å². The highest BCUT2D eigenvalue weighted by Crippen LogP contribution is 2.11. The smallest absolute Gasteiger partial charge is 0.0599 e. The zero-order valence-electron chi connectivity index (χ0n) is 11.7. The summed E-state index contributed by atoms with van der Waals surface area (Å²) in [6.07, 6.45) is 14.0. The minimum atomic E-state index is 0.542. The van der Waals surface area contributed by atoms with Crippen LogP contribution in [-0.4, -0.2) is 25.8 Å². The average molecular weight is 241 g/mol. The van der Waals surface area contributed by atoms with Gasteiger partial charge in [-0.2, -0.15) is 0 Å². The van der Waals surface area contributed by atoms with Crippen LogP contribution in [-0.2, 0) is 4.74 Å². The zero-order chi connectivity index (χ0) is 12.2. The summed E-state index contributed by atoms with van der Waals surface area (Å²) in [5, 5.41) is 3.37. The van der Waals surface area contributed by atoms with Crippen LogP contribution in [0.3, 0.4) is 0 Å². The van der Waals surface area contributed by atoms with Crippen molar-refractivity contribution in [3.63, 3.8) is 0 Å². The summed E-state index contributed by atoms with van der Waals surface area (Å²) in [6.45, 7) is 5.54. The van der Waals surface area contributed by atoms with Crippen molar-refractivity contribution in [2.24, 2.45) is 0 Å². The maximum absolute atomic E-state index is 5.89. The molecule has 0 radical (unpaired) electrons. The first-order valence-electron chi connectivity index (χ1n) is 7.76. The van der Waals surface area contributed by atoms with Crippen LogP contribution in [0.1, 0.15) is 71.1 Å². The summed E-state index contributed by atoms with van der Waals surface area (Å²) < 4.78 is 5.89. The molecule has 0 aromatic carbocycles. The van der Waals surface area contributed by atoms with Crippen LogP contribution in [0.25, 0.3) is 0 Å². The number of piperidine rings is 1. The number of hydrogen-bond donors (Lipinski definition) is 1. The van der Waals surface area contributed by atoms with Crippen molar-refractivity contribution in [1.82, 2.24) is 5.32 Å². The van der Waals surface area contributed by atoms with Crippen molar-refractivity contribution >= 4 is 0 Å². The number of hydrogen-bond acceptors (Lipinski definition) is 2. The van der Waals surface area contributed by atoms with E-state index < -0.39 is 0 Å². The summed E-state index contributed by atoms with van der Waals surface area (Å²) in [5.74, 6) is 0. The Labute approximate surface area is 108 Å². The average Bonchev–Trinajstić information content (AvgIpc) is 2.38. The molecule has 0 saturated carbocycles. The molecule has 1 rings (SSSR count). The molecule has 2 nitrogen and oxygen atoms in total. The Bertz CT molecular complexity index is 155. The molecular formula is C15H31NO. The molecule has 1 fully saturated rings. The van der Waals surface area contributed by atoms with Gasteiger partial charge >= 0.3 is 0 Å². The van der Waals surface area contributed by atoms with Crippen LogP contribution in [0.5, 0.6) is 0 Å². The van der Waals surface area contributed by atoms with Gasteiger partial charge in [-0.15, -0.1) is 0 Å². The lowest BCUT2D eigenvalue weighted by Crippen LogP contribution is -2.32. The topological polar surface area (TPSA) is 21.3 Å². The molecule has 102 valence electrons. The van der Waals surface area contributed by atoms with Crippen LogP contribution < -0.4 is 5.32 Å². The summed E-state index contributed by atoms with van der Waals surface area (Å²) in [4.78, 5) is 0. The molecule has 1 saturated heterocycles. The molecule has 0 spiro atoms. The summed E-state index contributed by atoms with van der Waals surface area (Å²) in [5.41, 5.74) is 0. The van der Waals surface area contributed by atoms with Crippen LogP contribution in [0, 0.1) is 0 Å². The van der Waals surface area contributed by atoms with E-state index in [0.29, 0.717) is 6.10 Å². The van der Waals surface area contributed by atoms with E-state index in [0.717, 1.165) is 19.7 Å². The lowest BCUT2D eigenvalue weighted by molar-refractivity contribution is 0.0307. The lowest BCUT2D eigenvalue weighted by Gasteiger charge is -2.22. The van der Waals surface area contributed by atoms with E-state index in [1.165, 1.54) is 64.2 Å². The Morgan fingerprint density at radius 1 is 0.882 bits per heavy atom. The quantitative estimate of drug-likeness (QED) is 0.586. The highest BCUT2D eigenvalue weighted by Gasteiger charge is 2.12. The molecule has 1 N–H and O–H groups in total. The van der Waals surface area contributed by atoms with Gasteiger partial charge in [-0.3, -0.25) is 0 Å². The van der Waals surface area contributed by atoms with E-state index in [2.05, 4.69) is 12.2 Å². The Hall–Kier alpha value is -0.0800. The molecule has 2 heteroatoms. The first kappa shape index (κ1) is 15.0. The fourth-order valence-electron chi connectivity index (χ4n) is 2.45. The largest absolute Gasteiger partial charge is 0.378 e. The fourth-order valence-corrected chi connectivity index (χ4v) is 2.45. The Morgan fingerprint density at radius 2 is 1.47 bits per heavy atom. The van der Waals surface area contributed by atoms with Gasteiger partial charge in [-0.25, -0.2) is 0 Å². The van der Waals surface area contributed by atoms with Crippen LogP contribution in [0.15, 0.2) is 0 Å². The third kappa shape index (κ3) is 8.62. The molecular weight excluding hydrogens is 210 g/mol. The van der Waals surface area contributed by atoms with Crippen LogP contribution in [0.4, 0.5) is 0 Å². The van der Waals surface area contributed by atoms with E-state index in [9.17, 15) is 0 Å². The van der Waals surface area contributed by atoms with Gasteiger partial charge in [0, 0.05) is 6.61 Å². The Kier molecular flexibility index (Phi) is 9.72. The third-order valence-corrected chi connectivity index (χ3v) is 3.64. The molecule has 1 aliphatic heterocycles. The normalized spacial score (nSPS) is 17.5. The number of nitrogens with one attached hydrogen (secondary N) is 1. The van der Waals surface area contributed by atoms with Gasteiger partial charge in [0.25, 0.3) is 0 Å². The Balaban J connectivity index is 1.75. The SMILES string of the molecule is CCCCCCCCCCOC1CCNCC1. The van der Waals surface area contributed by atoms with Gasteiger partial charge in [0.15, 0.2) is 0 Å². The molecule has 0 bridgehead atoms. The van der Waals surface area contributed by atoms with E-state index in [1.807, 2.05) is 0 Å². The minimum absolute atomic E-state index is 0.542. The van der Waals surface area contributed by atoms with Crippen LogP contribution in [0.2, 0.25) is 0 Å². The maximum Gasteiger partial charge on any atom is 0.0599 e. The predicted octanol–water partition coefficient (Wildman–Crippen LogP) is 3.90. The molecule has 0 atom stereocenters. The molecule has 0 aliphatic carbocycles. The van der Waals surface area contributed by atoms with Crippen LogP contribution >= 0.6 is 0 Å². The van der Waals surface area contributed by atoms with Gasteiger partial charge in [0.1, 0.15) is 0 Å². The fraction of sp³-hybridized carbons (Fsp3) is 1.00. The number of ether oxygens (including phenoxy) is 1. The molecule has 0 aromatic heterocycles. The van der Waals surface area contributed by atoms with Gasteiger partial charge in [0.05, 0.1) is 6.10 Å².